The summed E-state index contributed by atoms with van der Waals surface area (Å²) in [6.07, 6.45) is 0.637. The third kappa shape index (κ3) is 3.93. The summed E-state index contributed by atoms with van der Waals surface area (Å²) >= 11 is 1.36. The molecule has 0 unspecified atom stereocenters. The maximum absolute atomic E-state index is 13.8. The molecule has 1 amide bonds. The number of anilines is 1. The summed E-state index contributed by atoms with van der Waals surface area (Å²) in [5, 5.41) is 7.16. The highest BCUT2D eigenvalue weighted by atomic mass is 32.1. The van der Waals surface area contributed by atoms with E-state index in [1.165, 1.54) is 17.4 Å². The highest BCUT2D eigenvalue weighted by molar-refractivity contribution is 7.15. The van der Waals surface area contributed by atoms with Crippen LogP contribution in [0.4, 0.5) is 9.52 Å². The second-order valence-electron chi connectivity index (χ2n) is 5.82. The van der Waals surface area contributed by atoms with Gasteiger partial charge in [0.1, 0.15) is 11.6 Å². The first-order valence-electron chi connectivity index (χ1n) is 7.85. The van der Waals surface area contributed by atoms with Gasteiger partial charge in [-0.05, 0) is 32.4 Å². The molecule has 0 aliphatic heterocycles. The van der Waals surface area contributed by atoms with Crippen molar-refractivity contribution in [1.82, 2.24) is 10.1 Å². The summed E-state index contributed by atoms with van der Waals surface area (Å²) in [6, 6.07) is 6.67. The van der Waals surface area contributed by atoms with Gasteiger partial charge in [0, 0.05) is 16.9 Å². The van der Waals surface area contributed by atoms with Crippen LogP contribution in [0.5, 0.6) is 0 Å². The number of amides is 1. The Labute approximate surface area is 148 Å². The molecule has 1 aromatic carbocycles. The van der Waals surface area contributed by atoms with Crippen molar-refractivity contribution >= 4 is 22.4 Å². The number of hydrogen-bond donors (Lipinski definition) is 1. The summed E-state index contributed by atoms with van der Waals surface area (Å²) in [7, 11) is 0. The van der Waals surface area contributed by atoms with Gasteiger partial charge in [0.15, 0.2) is 5.13 Å². The van der Waals surface area contributed by atoms with E-state index in [0.29, 0.717) is 28.6 Å². The van der Waals surface area contributed by atoms with Crippen LogP contribution in [0.2, 0.25) is 0 Å². The van der Waals surface area contributed by atoms with Gasteiger partial charge in [-0.3, -0.25) is 4.79 Å². The van der Waals surface area contributed by atoms with Crippen LogP contribution in [0.1, 0.15) is 33.2 Å². The van der Waals surface area contributed by atoms with E-state index in [0.717, 1.165) is 16.1 Å². The van der Waals surface area contributed by atoms with Gasteiger partial charge < -0.3 is 9.84 Å². The van der Waals surface area contributed by atoms with Crippen LogP contribution in [0.25, 0.3) is 0 Å². The first-order chi connectivity index (χ1) is 11.9. The van der Waals surface area contributed by atoms with Crippen LogP contribution in [-0.2, 0) is 17.6 Å². The first-order valence-corrected chi connectivity index (χ1v) is 8.67. The SMILES string of the molecule is Cc1nc(NC(=O)Cc2c(C)noc2C)sc1Cc1ccccc1F. The minimum Gasteiger partial charge on any atom is -0.361 e. The average Bonchev–Trinajstić information content (AvgIpc) is 3.06. The van der Waals surface area contributed by atoms with Crippen molar-refractivity contribution in [3.8, 4) is 0 Å². The molecule has 25 heavy (non-hydrogen) atoms. The number of aryl methyl sites for hydroxylation is 3. The number of benzene rings is 1. The molecule has 0 bridgehead atoms. The molecule has 5 nitrogen and oxygen atoms in total. The number of nitrogens with one attached hydrogen (secondary N) is 1. The van der Waals surface area contributed by atoms with Crippen molar-refractivity contribution in [2.24, 2.45) is 0 Å². The Bertz CT molecular complexity index is 897. The Hall–Kier alpha value is -2.54. The Morgan fingerprint density at radius 1 is 1.24 bits per heavy atom. The van der Waals surface area contributed by atoms with Crippen LogP contribution < -0.4 is 5.32 Å². The van der Waals surface area contributed by atoms with Crippen LogP contribution in [0, 0.1) is 26.6 Å². The fourth-order valence-corrected chi connectivity index (χ4v) is 3.54. The molecule has 0 radical (unpaired) electrons. The molecule has 1 N–H and O–H groups in total. The molecule has 0 aliphatic rings. The lowest BCUT2D eigenvalue weighted by molar-refractivity contribution is -0.115. The van der Waals surface area contributed by atoms with Crippen molar-refractivity contribution in [2.45, 2.75) is 33.6 Å². The van der Waals surface area contributed by atoms with E-state index < -0.39 is 0 Å². The monoisotopic (exact) mass is 359 g/mol. The third-order valence-corrected chi connectivity index (χ3v) is 5.04. The van der Waals surface area contributed by atoms with Gasteiger partial charge >= 0.3 is 0 Å². The molecule has 3 aromatic rings. The van der Waals surface area contributed by atoms with Gasteiger partial charge in [-0.15, -0.1) is 11.3 Å². The van der Waals surface area contributed by atoms with E-state index in [4.69, 9.17) is 4.52 Å². The van der Waals surface area contributed by atoms with Crippen LogP contribution in [-0.4, -0.2) is 16.0 Å². The Balaban J connectivity index is 1.70. The molecule has 130 valence electrons. The lowest BCUT2D eigenvalue weighted by Crippen LogP contribution is -2.15. The van der Waals surface area contributed by atoms with Gasteiger partial charge in [0.2, 0.25) is 5.91 Å². The van der Waals surface area contributed by atoms with Crippen molar-refractivity contribution in [3.05, 3.63) is 63.2 Å². The Morgan fingerprint density at radius 2 is 2.00 bits per heavy atom. The quantitative estimate of drug-likeness (QED) is 0.748. The molecule has 2 heterocycles. The van der Waals surface area contributed by atoms with Gasteiger partial charge in [-0.2, -0.15) is 0 Å². The molecule has 0 atom stereocenters. The Kier molecular flexibility index (Phi) is 4.94. The minimum absolute atomic E-state index is 0.180. The van der Waals surface area contributed by atoms with E-state index in [9.17, 15) is 9.18 Å². The fraction of sp³-hybridized carbons (Fsp3) is 0.278. The smallest absolute Gasteiger partial charge is 0.230 e. The molecule has 0 aliphatic carbocycles. The number of carbonyl (C=O) groups is 1. The number of carbonyl (C=O) groups excluding carboxylic acids is 1. The molecular weight excluding hydrogens is 341 g/mol. The number of aromatic nitrogens is 2. The van der Waals surface area contributed by atoms with Crippen molar-refractivity contribution in [3.63, 3.8) is 0 Å². The van der Waals surface area contributed by atoms with E-state index in [1.807, 2.05) is 6.92 Å². The zero-order valence-electron chi connectivity index (χ0n) is 14.2. The summed E-state index contributed by atoms with van der Waals surface area (Å²) in [6.45, 7) is 5.44. The summed E-state index contributed by atoms with van der Waals surface area (Å²) in [5.74, 6) is 0.225. The van der Waals surface area contributed by atoms with E-state index in [2.05, 4.69) is 15.5 Å². The van der Waals surface area contributed by atoms with E-state index in [1.54, 1.807) is 32.0 Å². The largest absolute Gasteiger partial charge is 0.361 e. The lowest BCUT2D eigenvalue weighted by atomic mass is 10.1. The maximum Gasteiger partial charge on any atom is 0.230 e. The van der Waals surface area contributed by atoms with Crippen molar-refractivity contribution in [1.29, 1.82) is 0 Å². The predicted octanol–water partition coefficient (Wildman–Crippen LogP) is 3.97. The average molecular weight is 359 g/mol. The van der Waals surface area contributed by atoms with Crippen LogP contribution in [0.15, 0.2) is 28.8 Å². The number of hydrogen-bond acceptors (Lipinski definition) is 5. The topological polar surface area (TPSA) is 68.0 Å². The highest BCUT2D eigenvalue weighted by Crippen LogP contribution is 2.26. The molecule has 0 saturated carbocycles. The standard InChI is InChI=1S/C18H18FN3O2S/c1-10-14(12(3)24-22-10)9-17(23)21-18-20-11(2)16(25-18)8-13-6-4-5-7-15(13)19/h4-7H,8-9H2,1-3H3,(H,20,21,23). The summed E-state index contributed by atoms with van der Waals surface area (Å²) < 4.78 is 18.9. The maximum atomic E-state index is 13.8. The highest BCUT2D eigenvalue weighted by Gasteiger charge is 2.16. The Morgan fingerprint density at radius 3 is 2.68 bits per heavy atom. The fourth-order valence-electron chi connectivity index (χ4n) is 2.54. The van der Waals surface area contributed by atoms with Crippen LogP contribution in [0.3, 0.4) is 0 Å². The molecule has 7 heteroatoms. The van der Waals surface area contributed by atoms with E-state index >= 15 is 0 Å². The normalized spacial score (nSPS) is 10.9. The van der Waals surface area contributed by atoms with Gasteiger partial charge in [-0.1, -0.05) is 23.4 Å². The number of halogens is 1. The number of thiazole rings is 1. The van der Waals surface area contributed by atoms with Crippen molar-refractivity contribution in [2.75, 3.05) is 5.32 Å². The summed E-state index contributed by atoms with van der Waals surface area (Å²) in [5.41, 5.74) is 2.91. The molecule has 3 rings (SSSR count). The second kappa shape index (κ2) is 7.14. The van der Waals surface area contributed by atoms with Gasteiger partial charge in [0.05, 0.1) is 17.8 Å². The number of nitrogens with zero attached hydrogens (tertiary/aromatic N) is 2. The first kappa shape index (κ1) is 17.3. The number of rotatable bonds is 5. The zero-order chi connectivity index (χ0) is 18.0. The molecule has 0 fully saturated rings. The molecule has 2 aromatic heterocycles. The zero-order valence-corrected chi connectivity index (χ0v) is 15.0. The molecular formula is C18H18FN3O2S. The minimum atomic E-state index is -0.237. The third-order valence-electron chi connectivity index (χ3n) is 3.97. The van der Waals surface area contributed by atoms with Gasteiger partial charge in [-0.25, -0.2) is 9.37 Å². The molecule has 0 saturated heterocycles. The molecule has 0 spiro atoms. The van der Waals surface area contributed by atoms with Crippen molar-refractivity contribution < 1.29 is 13.7 Å². The summed E-state index contributed by atoms with van der Waals surface area (Å²) in [4.78, 5) is 17.5. The van der Waals surface area contributed by atoms with E-state index in [-0.39, 0.29) is 18.1 Å². The van der Waals surface area contributed by atoms with Gasteiger partial charge in [0.25, 0.3) is 0 Å². The predicted molar refractivity (Wildman–Crippen MR) is 94.4 cm³/mol. The van der Waals surface area contributed by atoms with Crippen LogP contribution >= 0.6 is 11.3 Å². The second-order valence-corrected chi connectivity index (χ2v) is 6.91. The lowest BCUT2D eigenvalue weighted by Gasteiger charge is -2.01.